The van der Waals surface area contributed by atoms with Gasteiger partial charge in [-0.05, 0) is 84.8 Å². The highest BCUT2D eigenvalue weighted by Gasteiger charge is 2.26. The largest absolute Gasteiger partial charge is 0.507 e. The molecular formula is C21H21N3O2S. The molecule has 1 fully saturated rings. The Kier molecular flexibility index (Phi) is 3.91. The van der Waals surface area contributed by atoms with Crippen LogP contribution in [0.5, 0.6) is 5.75 Å². The van der Waals surface area contributed by atoms with Crippen LogP contribution in [0.25, 0.3) is 17.1 Å². The van der Waals surface area contributed by atoms with Crippen molar-refractivity contribution in [1.29, 1.82) is 0 Å². The van der Waals surface area contributed by atoms with E-state index in [1.165, 1.54) is 29.5 Å². The van der Waals surface area contributed by atoms with Crippen molar-refractivity contribution >= 4 is 12.2 Å². The standard InChI is InChI=1S/C21H21N3O2S/c1-26-17-9-13-4-6-16(8-15(13)10-17)24-20(22-23-21(24)27)18-11-14(12-2-3-12)5-7-19(18)25/h4-8,11-12,17,25H,2-3,9-10H2,1H3,(H,23,27). The van der Waals surface area contributed by atoms with Crippen molar-refractivity contribution in [2.45, 2.75) is 37.7 Å². The van der Waals surface area contributed by atoms with E-state index in [1.54, 1.807) is 13.2 Å². The van der Waals surface area contributed by atoms with Crippen LogP contribution in [-0.2, 0) is 17.6 Å². The van der Waals surface area contributed by atoms with Crippen LogP contribution in [0.4, 0.5) is 0 Å². The molecule has 1 saturated carbocycles. The number of aromatic hydroxyl groups is 1. The molecule has 0 aliphatic heterocycles. The molecule has 2 N–H and O–H groups in total. The molecule has 27 heavy (non-hydrogen) atoms. The predicted molar refractivity (Wildman–Crippen MR) is 106 cm³/mol. The number of aromatic nitrogens is 3. The van der Waals surface area contributed by atoms with Crippen molar-refractivity contribution in [1.82, 2.24) is 14.8 Å². The molecule has 0 spiro atoms. The number of H-pyrrole nitrogens is 1. The highest BCUT2D eigenvalue weighted by Crippen LogP contribution is 2.43. The number of ether oxygens (including phenoxy) is 1. The summed E-state index contributed by atoms with van der Waals surface area (Å²) in [7, 11) is 1.76. The van der Waals surface area contributed by atoms with Crippen LogP contribution in [0.2, 0.25) is 0 Å². The Hall–Kier alpha value is -2.44. The van der Waals surface area contributed by atoms with Gasteiger partial charge in [-0.25, -0.2) is 0 Å². The number of methoxy groups -OCH3 is 1. The quantitative estimate of drug-likeness (QED) is 0.664. The van der Waals surface area contributed by atoms with E-state index >= 15 is 0 Å². The molecule has 2 aliphatic rings. The van der Waals surface area contributed by atoms with Crippen molar-refractivity contribution < 1.29 is 9.84 Å². The number of benzene rings is 2. The molecule has 2 aliphatic carbocycles. The second kappa shape index (κ2) is 6.32. The lowest BCUT2D eigenvalue weighted by atomic mass is 10.1. The summed E-state index contributed by atoms with van der Waals surface area (Å²) in [6.45, 7) is 0. The first-order chi connectivity index (χ1) is 13.1. The molecule has 3 aromatic rings. The molecule has 0 bridgehead atoms. The average molecular weight is 379 g/mol. The van der Waals surface area contributed by atoms with Gasteiger partial charge in [-0.3, -0.25) is 9.67 Å². The van der Waals surface area contributed by atoms with Crippen LogP contribution in [0.15, 0.2) is 36.4 Å². The third-order valence-electron chi connectivity index (χ3n) is 5.66. The lowest BCUT2D eigenvalue weighted by Crippen LogP contribution is -2.08. The molecule has 1 atom stereocenters. The van der Waals surface area contributed by atoms with E-state index in [2.05, 4.69) is 28.4 Å². The van der Waals surface area contributed by atoms with Crippen LogP contribution in [0.1, 0.15) is 35.4 Å². The molecule has 5 rings (SSSR count). The zero-order valence-corrected chi connectivity index (χ0v) is 15.9. The number of fused-ring (bicyclic) bond motifs is 1. The van der Waals surface area contributed by atoms with Crippen LogP contribution in [-0.4, -0.2) is 33.1 Å². The fourth-order valence-corrected chi connectivity index (χ4v) is 4.23. The summed E-state index contributed by atoms with van der Waals surface area (Å²) in [5, 5.41) is 17.8. The highest BCUT2D eigenvalue weighted by molar-refractivity contribution is 7.71. The number of rotatable bonds is 4. The second-order valence-corrected chi connectivity index (χ2v) is 7.84. The number of aromatic amines is 1. The molecule has 1 heterocycles. The maximum absolute atomic E-state index is 10.5. The van der Waals surface area contributed by atoms with E-state index < -0.39 is 0 Å². The summed E-state index contributed by atoms with van der Waals surface area (Å²) in [5.74, 6) is 1.46. The first-order valence-corrected chi connectivity index (χ1v) is 9.70. The molecule has 6 heteroatoms. The van der Waals surface area contributed by atoms with Gasteiger partial charge in [0.1, 0.15) is 5.75 Å². The summed E-state index contributed by atoms with van der Waals surface area (Å²) < 4.78 is 7.94. The monoisotopic (exact) mass is 379 g/mol. The van der Waals surface area contributed by atoms with E-state index in [-0.39, 0.29) is 11.9 Å². The van der Waals surface area contributed by atoms with E-state index in [4.69, 9.17) is 17.0 Å². The SMILES string of the molecule is COC1Cc2ccc(-n3c(-c4cc(C5CC5)ccc4O)n[nH]c3=S)cc2C1. The van der Waals surface area contributed by atoms with Crippen molar-refractivity contribution in [3.8, 4) is 22.8 Å². The summed E-state index contributed by atoms with van der Waals surface area (Å²) in [6, 6.07) is 12.2. The Morgan fingerprint density at radius 3 is 2.74 bits per heavy atom. The summed E-state index contributed by atoms with van der Waals surface area (Å²) in [4.78, 5) is 0. The lowest BCUT2D eigenvalue weighted by molar-refractivity contribution is 0.112. The van der Waals surface area contributed by atoms with Gasteiger partial charge in [-0.15, -0.1) is 0 Å². The molecule has 5 nitrogen and oxygen atoms in total. The zero-order valence-electron chi connectivity index (χ0n) is 15.1. The smallest absolute Gasteiger partial charge is 0.200 e. The zero-order chi connectivity index (χ0) is 18.5. The number of phenolic OH excluding ortho intramolecular Hbond substituents is 1. The van der Waals surface area contributed by atoms with Gasteiger partial charge < -0.3 is 9.84 Å². The minimum atomic E-state index is 0.218. The molecular weight excluding hydrogens is 358 g/mol. The van der Waals surface area contributed by atoms with Crippen molar-refractivity contribution in [3.63, 3.8) is 0 Å². The molecule has 138 valence electrons. The Morgan fingerprint density at radius 1 is 1.15 bits per heavy atom. The van der Waals surface area contributed by atoms with E-state index in [9.17, 15) is 5.11 Å². The highest BCUT2D eigenvalue weighted by atomic mass is 32.1. The third-order valence-corrected chi connectivity index (χ3v) is 5.93. The van der Waals surface area contributed by atoms with Crippen molar-refractivity contribution in [2.24, 2.45) is 0 Å². The fourth-order valence-electron chi connectivity index (χ4n) is 3.99. The van der Waals surface area contributed by atoms with E-state index in [1.807, 2.05) is 16.7 Å². The Morgan fingerprint density at radius 2 is 1.96 bits per heavy atom. The molecule has 0 saturated heterocycles. The summed E-state index contributed by atoms with van der Waals surface area (Å²) in [5.41, 5.74) is 5.52. The maximum Gasteiger partial charge on any atom is 0.200 e. The van der Waals surface area contributed by atoms with Gasteiger partial charge in [0.2, 0.25) is 0 Å². The number of hydrogen-bond acceptors (Lipinski definition) is 4. The van der Waals surface area contributed by atoms with Gasteiger partial charge in [-0.2, -0.15) is 5.10 Å². The number of nitrogens with zero attached hydrogens (tertiary/aromatic N) is 2. The van der Waals surface area contributed by atoms with Gasteiger partial charge in [0.15, 0.2) is 10.6 Å². The molecule has 0 amide bonds. The minimum Gasteiger partial charge on any atom is -0.507 e. The normalized spacial score (nSPS) is 18.6. The van der Waals surface area contributed by atoms with Gasteiger partial charge in [0.25, 0.3) is 0 Å². The van der Waals surface area contributed by atoms with Crippen LogP contribution < -0.4 is 0 Å². The fraction of sp³-hybridized carbons (Fsp3) is 0.333. The van der Waals surface area contributed by atoms with Gasteiger partial charge in [-0.1, -0.05) is 12.1 Å². The molecule has 1 aromatic heterocycles. The molecule has 0 radical (unpaired) electrons. The Balaban J connectivity index is 1.61. The summed E-state index contributed by atoms with van der Waals surface area (Å²) >= 11 is 5.51. The number of hydrogen-bond donors (Lipinski definition) is 2. The average Bonchev–Trinajstić information content (AvgIpc) is 3.33. The van der Waals surface area contributed by atoms with Gasteiger partial charge in [0.05, 0.1) is 17.4 Å². The van der Waals surface area contributed by atoms with E-state index in [0.29, 0.717) is 22.1 Å². The molecule has 1 unspecified atom stereocenters. The van der Waals surface area contributed by atoms with Crippen molar-refractivity contribution in [3.05, 3.63) is 57.9 Å². The van der Waals surface area contributed by atoms with Crippen LogP contribution >= 0.6 is 12.2 Å². The first-order valence-electron chi connectivity index (χ1n) is 9.29. The van der Waals surface area contributed by atoms with Crippen molar-refractivity contribution in [2.75, 3.05) is 7.11 Å². The van der Waals surface area contributed by atoms with Crippen LogP contribution in [0, 0.1) is 4.77 Å². The van der Waals surface area contributed by atoms with Gasteiger partial charge >= 0.3 is 0 Å². The third kappa shape index (κ3) is 2.89. The summed E-state index contributed by atoms with van der Waals surface area (Å²) in [6.07, 6.45) is 4.51. The molecule has 2 aromatic carbocycles. The second-order valence-electron chi connectivity index (χ2n) is 7.46. The predicted octanol–water partition coefficient (Wildman–Crippen LogP) is 4.29. The minimum absolute atomic E-state index is 0.218. The first kappa shape index (κ1) is 16.7. The van der Waals surface area contributed by atoms with E-state index in [0.717, 1.165) is 18.5 Å². The maximum atomic E-state index is 10.5. The number of nitrogens with one attached hydrogen (secondary N) is 1. The Bertz CT molecular complexity index is 1080. The lowest BCUT2D eigenvalue weighted by Gasteiger charge is -2.11. The topological polar surface area (TPSA) is 63.1 Å². The Labute approximate surface area is 162 Å². The number of phenols is 1. The van der Waals surface area contributed by atoms with Gasteiger partial charge in [0, 0.05) is 7.11 Å². The van der Waals surface area contributed by atoms with Crippen LogP contribution in [0.3, 0.4) is 0 Å².